The molecule has 7 heteroatoms. The average Bonchev–Trinajstić information content (AvgIpc) is 3.33. The number of carbonyl (C=O) groups excluding carboxylic acids is 2. The van der Waals surface area contributed by atoms with E-state index >= 15 is 0 Å². The van der Waals surface area contributed by atoms with E-state index < -0.39 is 0 Å². The summed E-state index contributed by atoms with van der Waals surface area (Å²) in [5.41, 5.74) is 4.73. The van der Waals surface area contributed by atoms with Crippen molar-refractivity contribution >= 4 is 17.5 Å². The molecule has 1 fully saturated rings. The minimum Gasteiger partial charge on any atom is -0.354 e. The van der Waals surface area contributed by atoms with Crippen LogP contribution in [0.4, 0.5) is 0 Å². The summed E-state index contributed by atoms with van der Waals surface area (Å²) in [5.74, 6) is 0.248. The number of rotatable bonds is 7. The summed E-state index contributed by atoms with van der Waals surface area (Å²) in [5, 5.41) is 7.83. The standard InChI is InChI=1S/C22H33N5O2/c1-6-14(3)23-21(28)11-10-17-15(4)24-20-13-18(25-27(20)16(17)5)19-9-8-12-26(19)22(29)7-2/h13-14,19H,6-12H2,1-5H3,(H,23,28)/t14-,19-/m0/s1. The van der Waals surface area contributed by atoms with E-state index in [0.29, 0.717) is 19.3 Å². The summed E-state index contributed by atoms with van der Waals surface area (Å²) >= 11 is 0. The molecule has 0 unspecified atom stereocenters. The normalized spacial score (nSPS) is 17.7. The molecule has 2 amide bonds. The van der Waals surface area contributed by atoms with Crippen molar-refractivity contribution < 1.29 is 9.59 Å². The van der Waals surface area contributed by atoms with Crippen LogP contribution >= 0.6 is 0 Å². The van der Waals surface area contributed by atoms with Gasteiger partial charge in [0, 0.05) is 42.9 Å². The molecule has 1 aliphatic heterocycles. The first-order chi connectivity index (χ1) is 13.8. The Bertz CT molecular complexity index is 904. The maximum Gasteiger partial charge on any atom is 0.222 e. The van der Waals surface area contributed by atoms with Gasteiger partial charge in [0.05, 0.1) is 11.7 Å². The number of carbonyl (C=O) groups is 2. The first-order valence-electron chi connectivity index (χ1n) is 10.8. The van der Waals surface area contributed by atoms with Crippen LogP contribution in [0.25, 0.3) is 5.65 Å². The molecule has 2 atom stereocenters. The summed E-state index contributed by atoms with van der Waals surface area (Å²) in [7, 11) is 0. The number of likely N-dealkylation sites (tertiary alicyclic amines) is 1. The first kappa shape index (κ1) is 21.3. The van der Waals surface area contributed by atoms with Crippen molar-refractivity contribution in [1.82, 2.24) is 24.8 Å². The van der Waals surface area contributed by atoms with Crippen LogP contribution in [-0.4, -0.2) is 43.9 Å². The Kier molecular flexibility index (Phi) is 6.55. The summed E-state index contributed by atoms with van der Waals surface area (Å²) in [6, 6.07) is 2.23. The van der Waals surface area contributed by atoms with E-state index in [0.717, 1.165) is 54.1 Å². The number of aryl methyl sites for hydroxylation is 2. The Hall–Kier alpha value is -2.44. The highest BCUT2D eigenvalue weighted by molar-refractivity contribution is 5.77. The van der Waals surface area contributed by atoms with Gasteiger partial charge in [0.15, 0.2) is 5.65 Å². The molecule has 29 heavy (non-hydrogen) atoms. The zero-order chi connectivity index (χ0) is 21.1. The van der Waals surface area contributed by atoms with Gasteiger partial charge in [0.1, 0.15) is 0 Å². The largest absolute Gasteiger partial charge is 0.354 e. The van der Waals surface area contributed by atoms with Gasteiger partial charge in [-0.25, -0.2) is 9.50 Å². The molecule has 0 spiro atoms. The number of amides is 2. The van der Waals surface area contributed by atoms with Crippen molar-refractivity contribution in [2.45, 2.75) is 85.2 Å². The fourth-order valence-corrected chi connectivity index (χ4v) is 4.13. The smallest absolute Gasteiger partial charge is 0.222 e. The first-order valence-corrected chi connectivity index (χ1v) is 10.8. The van der Waals surface area contributed by atoms with Crippen LogP contribution < -0.4 is 5.32 Å². The van der Waals surface area contributed by atoms with E-state index in [-0.39, 0.29) is 23.9 Å². The van der Waals surface area contributed by atoms with Crippen LogP contribution in [0.1, 0.15) is 81.6 Å². The van der Waals surface area contributed by atoms with Crippen LogP contribution in [0.2, 0.25) is 0 Å². The Morgan fingerprint density at radius 1 is 1.31 bits per heavy atom. The fourth-order valence-electron chi connectivity index (χ4n) is 4.13. The lowest BCUT2D eigenvalue weighted by Gasteiger charge is -2.22. The monoisotopic (exact) mass is 399 g/mol. The van der Waals surface area contributed by atoms with Gasteiger partial charge in [-0.1, -0.05) is 13.8 Å². The number of fused-ring (bicyclic) bond motifs is 1. The number of aromatic nitrogens is 3. The van der Waals surface area contributed by atoms with Crippen molar-refractivity contribution in [2.24, 2.45) is 0 Å². The predicted molar refractivity (Wildman–Crippen MR) is 113 cm³/mol. The second-order valence-electron chi connectivity index (χ2n) is 8.08. The Labute approximate surface area is 172 Å². The van der Waals surface area contributed by atoms with Crippen molar-refractivity contribution in [1.29, 1.82) is 0 Å². The predicted octanol–water partition coefficient (Wildman–Crippen LogP) is 3.27. The Balaban J connectivity index is 1.84. The van der Waals surface area contributed by atoms with E-state index in [1.165, 1.54) is 0 Å². The SMILES string of the molecule is CCC(=O)N1CCC[C@H]1c1cc2nc(C)c(CCC(=O)N[C@@H](C)CC)c(C)n2n1. The van der Waals surface area contributed by atoms with Crippen molar-refractivity contribution in [3.8, 4) is 0 Å². The summed E-state index contributed by atoms with van der Waals surface area (Å²) in [6.07, 6.45) is 4.47. The van der Waals surface area contributed by atoms with Gasteiger partial charge in [-0.15, -0.1) is 0 Å². The van der Waals surface area contributed by atoms with E-state index in [2.05, 4.69) is 12.2 Å². The van der Waals surface area contributed by atoms with E-state index in [4.69, 9.17) is 10.1 Å². The zero-order valence-electron chi connectivity index (χ0n) is 18.3. The highest BCUT2D eigenvalue weighted by atomic mass is 16.2. The minimum absolute atomic E-state index is 0.0358. The quantitative estimate of drug-likeness (QED) is 0.775. The molecule has 0 aliphatic carbocycles. The van der Waals surface area contributed by atoms with Crippen LogP contribution in [-0.2, 0) is 16.0 Å². The zero-order valence-corrected chi connectivity index (χ0v) is 18.3. The highest BCUT2D eigenvalue weighted by Crippen LogP contribution is 2.32. The van der Waals surface area contributed by atoms with Crippen molar-refractivity contribution in [3.63, 3.8) is 0 Å². The number of nitrogens with one attached hydrogen (secondary N) is 1. The lowest BCUT2D eigenvalue weighted by atomic mass is 10.1. The van der Waals surface area contributed by atoms with Gasteiger partial charge in [-0.2, -0.15) is 5.10 Å². The third-order valence-electron chi connectivity index (χ3n) is 6.02. The summed E-state index contributed by atoms with van der Waals surface area (Å²) < 4.78 is 1.87. The lowest BCUT2D eigenvalue weighted by Crippen LogP contribution is -2.32. The van der Waals surface area contributed by atoms with Gasteiger partial charge in [-0.3, -0.25) is 9.59 Å². The minimum atomic E-state index is 0.0358. The van der Waals surface area contributed by atoms with E-state index in [1.807, 2.05) is 43.2 Å². The topological polar surface area (TPSA) is 79.6 Å². The van der Waals surface area contributed by atoms with Crippen LogP contribution in [0.5, 0.6) is 0 Å². The maximum absolute atomic E-state index is 12.3. The van der Waals surface area contributed by atoms with Gasteiger partial charge in [0.25, 0.3) is 0 Å². The van der Waals surface area contributed by atoms with Gasteiger partial charge in [-0.05, 0) is 52.0 Å². The molecule has 3 rings (SSSR count). The number of hydrogen-bond donors (Lipinski definition) is 1. The highest BCUT2D eigenvalue weighted by Gasteiger charge is 2.31. The van der Waals surface area contributed by atoms with Crippen molar-refractivity contribution in [2.75, 3.05) is 6.54 Å². The third-order valence-corrected chi connectivity index (χ3v) is 6.02. The van der Waals surface area contributed by atoms with Crippen LogP contribution in [0.15, 0.2) is 6.07 Å². The van der Waals surface area contributed by atoms with E-state index in [1.54, 1.807) is 0 Å². The molecule has 1 N–H and O–H groups in total. The van der Waals surface area contributed by atoms with Gasteiger partial charge < -0.3 is 10.2 Å². The lowest BCUT2D eigenvalue weighted by molar-refractivity contribution is -0.131. The second-order valence-corrected chi connectivity index (χ2v) is 8.08. The van der Waals surface area contributed by atoms with Crippen molar-refractivity contribution in [3.05, 3.63) is 28.7 Å². The van der Waals surface area contributed by atoms with E-state index in [9.17, 15) is 9.59 Å². The molecule has 2 aromatic heterocycles. The fraction of sp³-hybridized carbons (Fsp3) is 0.636. The average molecular weight is 400 g/mol. The van der Waals surface area contributed by atoms with Crippen LogP contribution in [0, 0.1) is 13.8 Å². The van der Waals surface area contributed by atoms with Gasteiger partial charge >= 0.3 is 0 Å². The summed E-state index contributed by atoms with van der Waals surface area (Å²) in [4.78, 5) is 31.1. The molecule has 1 saturated heterocycles. The molecule has 2 aromatic rings. The van der Waals surface area contributed by atoms with Crippen LogP contribution in [0.3, 0.4) is 0 Å². The molecule has 158 valence electrons. The number of hydrogen-bond acceptors (Lipinski definition) is 4. The molecular weight excluding hydrogens is 366 g/mol. The Morgan fingerprint density at radius 2 is 2.07 bits per heavy atom. The molecule has 0 bridgehead atoms. The molecule has 0 saturated carbocycles. The molecular formula is C22H33N5O2. The molecule has 3 heterocycles. The maximum atomic E-state index is 12.3. The molecule has 1 aliphatic rings. The third kappa shape index (κ3) is 4.43. The second kappa shape index (κ2) is 8.93. The van der Waals surface area contributed by atoms with Gasteiger partial charge in [0.2, 0.25) is 11.8 Å². The summed E-state index contributed by atoms with van der Waals surface area (Å²) in [6.45, 7) is 10.8. The molecule has 0 radical (unpaired) electrons. The molecule has 7 nitrogen and oxygen atoms in total. The number of nitrogens with zero attached hydrogens (tertiary/aromatic N) is 4. The molecule has 0 aromatic carbocycles. The Morgan fingerprint density at radius 3 is 2.76 bits per heavy atom.